The Morgan fingerprint density at radius 1 is 1.14 bits per heavy atom. The van der Waals surface area contributed by atoms with Gasteiger partial charge < -0.3 is 5.32 Å². The summed E-state index contributed by atoms with van der Waals surface area (Å²) >= 11 is 0. The number of carbonyl (C=O) groups excluding carboxylic acids is 1. The predicted octanol–water partition coefficient (Wildman–Crippen LogP) is 2.08. The Hall–Kier alpha value is -2.89. The monoisotopic (exact) mass is 295 g/mol. The Bertz CT molecular complexity index is 733. The lowest BCUT2D eigenvalue weighted by Crippen LogP contribution is -2.27. The summed E-state index contributed by atoms with van der Waals surface area (Å²) in [5, 5.41) is 11.3. The molecule has 3 rings (SSSR count). The van der Waals surface area contributed by atoms with Gasteiger partial charge in [-0.05, 0) is 24.6 Å². The number of amides is 1. The van der Waals surface area contributed by atoms with Crippen LogP contribution in [0.25, 0.3) is 0 Å². The SMILES string of the molecule is CC(NC(=O)c1ccn(Cn2cccn2)n1)c1ccccc1. The van der Waals surface area contributed by atoms with Crippen LogP contribution in [0.5, 0.6) is 0 Å². The largest absolute Gasteiger partial charge is 0.344 e. The van der Waals surface area contributed by atoms with Gasteiger partial charge in [0.25, 0.3) is 5.91 Å². The van der Waals surface area contributed by atoms with E-state index in [0.717, 1.165) is 5.56 Å². The summed E-state index contributed by atoms with van der Waals surface area (Å²) in [7, 11) is 0. The number of carbonyl (C=O) groups is 1. The van der Waals surface area contributed by atoms with Crippen LogP contribution >= 0.6 is 0 Å². The van der Waals surface area contributed by atoms with Crippen molar-refractivity contribution in [3.63, 3.8) is 0 Å². The first-order valence-corrected chi connectivity index (χ1v) is 7.09. The van der Waals surface area contributed by atoms with Crippen LogP contribution in [0.4, 0.5) is 0 Å². The fourth-order valence-electron chi connectivity index (χ4n) is 2.19. The zero-order chi connectivity index (χ0) is 15.4. The molecular weight excluding hydrogens is 278 g/mol. The van der Waals surface area contributed by atoms with Gasteiger partial charge in [0.1, 0.15) is 12.4 Å². The van der Waals surface area contributed by atoms with Crippen molar-refractivity contribution in [1.82, 2.24) is 24.9 Å². The van der Waals surface area contributed by atoms with Crippen LogP contribution in [0.15, 0.2) is 61.1 Å². The van der Waals surface area contributed by atoms with Gasteiger partial charge in [-0.25, -0.2) is 0 Å². The molecule has 0 fully saturated rings. The van der Waals surface area contributed by atoms with Crippen molar-refractivity contribution >= 4 is 5.91 Å². The van der Waals surface area contributed by atoms with Crippen molar-refractivity contribution < 1.29 is 4.79 Å². The van der Waals surface area contributed by atoms with E-state index in [0.29, 0.717) is 12.4 Å². The maximum atomic E-state index is 12.2. The second kappa shape index (κ2) is 6.26. The lowest BCUT2D eigenvalue weighted by atomic mass is 10.1. The summed E-state index contributed by atoms with van der Waals surface area (Å²) in [6.45, 7) is 2.43. The van der Waals surface area contributed by atoms with E-state index in [1.54, 1.807) is 27.8 Å². The van der Waals surface area contributed by atoms with Gasteiger partial charge in [-0.15, -0.1) is 0 Å². The lowest BCUT2D eigenvalue weighted by Gasteiger charge is -2.13. The minimum atomic E-state index is -0.185. The molecule has 112 valence electrons. The molecule has 0 aliphatic rings. The molecule has 1 aromatic carbocycles. The van der Waals surface area contributed by atoms with E-state index < -0.39 is 0 Å². The molecule has 6 heteroatoms. The van der Waals surface area contributed by atoms with Crippen LogP contribution in [-0.2, 0) is 6.67 Å². The van der Waals surface area contributed by atoms with Crippen molar-refractivity contribution in [3.05, 3.63) is 72.3 Å². The molecule has 2 heterocycles. The van der Waals surface area contributed by atoms with Crippen LogP contribution in [0.2, 0.25) is 0 Å². The number of nitrogens with zero attached hydrogens (tertiary/aromatic N) is 4. The molecule has 1 amide bonds. The van der Waals surface area contributed by atoms with E-state index >= 15 is 0 Å². The Morgan fingerprint density at radius 3 is 2.68 bits per heavy atom. The van der Waals surface area contributed by atoms with Gasteiger partial charge in [0.05, 0.1) is 6.04 Å². The van der Waals surface area contributed by atoms with Gasteiger partial charge >= 0.3 is 0 Å². The number of hydrogen-bond donors (Lipinski definition) is 1. The van der Waals surface area contributed by atoms with Gasteiger partial charge in [-0.1, -0.05) is 30.3 Å². The molecule has 1 N–H and O–H groups in total. The third-order valence-electron chi connectivity index (χ3n) is 3.37. The van der Waals surface area contributed by atoms with Gasteiger partial charge in [0, 0.05) is 18.6 Å². The fraction of sp³-hybridized carbons (Fsp3) is 0.188. The third kappa shape index (κ3) is 3.22. The van der Waals surface area contributed by atoms with E-state index in [-0.39, 0.29) is 11.9 Å². The average molecular weight is 295 g/mol. The van der Waals surface area contributed by atoms with Gasteiger partial charge in [-0.2, -0.15) is 10.2 Å². The lowest BCUT2D eigenvalue weighted by molar-refractivity contribution is 0.0934. The highest BCUT2D eigenvalue weighted by Gasteiger charge is 2.13. The molecule has 0 saturated carbocycles. The standard InChI is InChI=1S/C16H17N5O/c1-13(14-6-3-2-4-7-14)18-16(22)15-8-11-21(19-15)12-20-10-5-9-17-20/h2-11,13H,12H2,1H3,(H,18,22). The summed E-state index contributed by atoms with van der Waals surface area (Å²) in [6.07, 6.45) is 5.32. The molecule has 3 aromatic rings. The molecule has 0 radical (unpaired) electrons. The van der Waals surface area contributed by atoms with E-state index in [1.165, 1.54) is 0 Å². The number of rotatable bonds is 5. The summed E-state index contributed by atoms with van der Waals surface area (Å²) in [6, 6.07) is 13.3. The van der Waals surface area contributed by atoms with Crippen molar-refractivity contribution in [2.75, 3.05) is 0 Å². The first-order chi connectivity index (χ1) is 10.7. The normalized spacial score (nSPS) is 12.0. The highest BCUT2D eigenvalue weighted by molar-refractivity contribution is 5.92. The molecule has 0 spiro atoms. The Kier molecular flexibility index (Phi) is 4.00. The Balaban J connectivity index is 1.64. The second-order valence-electron chi connectivity index (χ2n) is 5.03. The van der Waals surface area contributed by atoms with Crippen molar-refractivity contribution in [2.24, 2.45) is 0 Å². The maximum Gasteiger partial charge on any atom is 0.272 e. The zero-order valence-corrected chi connectivity index (χ0v) is 12.3. The van der Waals surface area contributed by atoms with Crippen LogP contribution in [0.3, 0.4) is 0 Å². The minimum Gasteiger partial charge on any atom is -0.344 e. The Labute approximate surface area is 128 Å². The van der Waals surface area contributed by atoms with E-state index in [9.17, 15) is 4.79 Å². The fourth-order valence-corrected chi connectivity index (χ4v) is 2.19. The van der Waals surface area contributed by atoms with Gasteiger partial charge in [0.15, 0.2) is 0 Å². The molecule has 1 unspecified atom stereocenters. The second-order valence-corrected chi connectivity index (χ2v) is 5.03. The molecule has 0 aliphatic heterocycles. The molecular formula is C16H17N5O. The first kappa shape index (κ1) is 14.1. The number of nitrogens with one attached hydrogen (secondary N) is 1. The summed E-state index contributed by atoms with van der Waals surface area (Å²) in [5.41, 5.74) is 1.46. The van der Waals surface area contributed by atoms with Gasteiger partial charge in [-0.3, -0.25) is 14.2 Å². The number of hydrogen-bond acceptors (Lipinski definition) is 3. The van der Waals surface area contributed by atoms with E-state index in [1.807, 2.05) is 49.5 Å². The van der Waals surface area contributed by atoms with Crippen LogP contribution in [0, 0.1) is 0 Å². The highest BCUT2D eigenvalue weighted by Crippen LogP contribution is 2.11. The van der Waals surface area contributed by atoms with Crippen LogP contribution in [0.1, 0.15) is 29.0 Å². The molecule has 6 nitrogen and oxygen atoms in total. The third-order valence-corrected chi connectivity index (χ3v) is 3.37. The minimum absolute atomic E-state index is 0.0648. The first-order valence-electron chi connectivity index (χ1n) is 7.09. The highest BCUT2D eigenvalue weighted by atomic mass is 16.2. The number of benzene rings is 1. The Morgan fingerprint density at radius 2 is 1.95 bits per heavy atom. The summed E-state index contributed by atoms with van der Waals surface area (Å²) < 4.78 is 3.41. The zero-order valence-electron chi connectivity index (χ0n) is 12.3. The summed E-state index contributed by atoms with van der Waals surface area (Å²) in [5.74, 6) is -0.185. The molecule has 2 aromatic heterocycles. The quantitative estimate of drug-likeness (QED) is 0.783. The topological polar surface area (TPSA) is 64.7 Å². The average Bonchev–Trinajstić information content (AvgIpc) is 3.20. The van der Waals surface area contributed by atoms with Crippen molar-refractivity contribution in [1.29, 1.82) is 0 Å². The molecule has 1 atom stereocenters. The molecule has 0 aliphatic carbocycles. The van der Waals surface area contributed by atoms with E-state index in [2.05, 4.69) is 15.5 Å². The maximum absolute atomic E-state index is 12.2. The van der Waals surface area contributed by atoms with Gasteiger partial charge in [0.2, 0.25) is 0 Å². The predicted molar refractivity (Wildman–Crippen MR) is 82.2 cm³/mol. The van der Waals surface area contributed by atoms with E-state index in [4.69, 9.17) is 0 Å². The smallest absolute Gasteiger partial charge is 0.272 e. The summed E-state index contributed by atoms with van der Waals surface area (Å²) in [4.78, 5) is 12.2. The van der Waals surface area contributed by atoms with Crippen LogP contribution in [-0.4, -0.2) is 25.5 Å². The van der Waals surface area contributed by atoms with Crippen molar-refractivity contribution in [3.8, 4) is 0 Å². The molecule has 0 saturated heterocycles. The molecule has 0 bridgehead atoms. The van der Waals surface area contributed by atoms with Crippen molar-refractivity contribution in [2.45, 2.75) is 19.6 Å². The molecule has 22 heavy (non-hydrogen) atoms. The number of aromatic nitrogens is 4. The van der Waals surface area contributed by atoms with Crippen LogP contribution < -0.4 is 5.32 Å².